The van der Waals surface area contributed by atoms with E-state index in [1.165, 1.54) is 6.42 Å². The predicted octanol–water partition coefficient (Wildman–Crippen LogP) is 1.90. The number of carbonyl (C=O) groups is 2. The maximum absolute atomic E-state index is 12.9. The largest absolute Gasteiger partial charge is 0.326 e. The summed E-state index contributed by atoms with van der Waals surface area (Å²) < 4.78 is 0. The molecular weight excluding hydrogens is 278 g/mol. The summed E-state index contributed by atoms with van der Waals surface area (Å²) in [5.74, 6) is 0.614. The standard InChI is InChI=1S/C17H21N3O2/c21-15-8-11-7-13(4-5-14(11)20-15)19-16(22)17-6-2-1-3-12(17)9-18-10-17/h4-5,7,12,18H,1-3,6,8-10H2,(H,19,22)(H,20,21)/t12-,17+/m0/s1. The maximum atomic E-state index is 12.9. The van der Waals surface area contributed by atoms with Gasteiger partial charge in [-0.2, -0.15) is 0 Å². The summed E-state index contributed by atoms with van der Waals surface area (Å²) in [6.45, 7) is 1.74. The summed E-state index contributed by atoms with van der Waals surface area (Å²) in [4.78, 5) is 24.3. The Morgan fingerprint density at radius 1 is 1.32 bits per heavy atom. The minimum atomic E-state index is -0.245. The van der Waals surface area contributed by atoms with E-state index < -0.39 is 0 Å². The van der Waals surface area contributed by atoms with Crippen molar-refractivity contribution in [3.05, 3.63) is 23.8 Å². The maximum Gasteiger partial charge on any atom is 0.232 e. The Hall–Kier alpha value is -1.88. The van der Waals surface area contributed by atoms with E-state index in [-0.39, 0.29) is 17.2 Å². The number of benzene rings is 1. The zero-order valence-corrected chi connectivity index (χ0v) is 12.6. The summed E-state index contributed by atoms with van der Waals surface area (Å²) >= 11 is 0. The van der Waals surface area contributed by atoms with Gasteiger partial charge in [0, 0.05) is 17.9 Å². The number of carbonyl (C=O) groups excluding carboxylic acids is 2. The van der Waals surface area contributed by atoms with Crippen LogP contribution < -0.4 is 16.0 Å². The lowest BCUT2D eigenvalue weighted by Crippen LogP contribution is -2.44. The van der Waals surface area contributed by atoms with Crippen molar-refractivity contribution in [1.82, 2.24) is 5.32 Å². The highest BCUT2D eigenvalue weighted by Crippen LogP contribution is 2.44. The van der Waals surface area contributed by atoms with E-state index >= 15 is 0 Å². The summed E-state index contributed by atoms with van der Waals surface area (Å²) in [5.41, 5.74) is 2.38. The van der Waals surface area contributed by atoms with Crippen molar-refractivity contribution in [3.63, 3.8) is 0 Å². The molecule has 2 aliphatic heterocycles. The molecule has 0 spiro atoms. The van der Waals surface area contributed by atoms with Gasteiger partial charge >= 0.3 is 0 Å². The van der Waals surface area contributed by atoms with Crippen LogP contribution in [0.15, 0.2) is 18.2 Å². The molecule has 0 bridgehead atoms. The normalized spacial score (nSPS) is 29.6. The van der Waals surface area contributed by atoms with Crippen molar-refractivity contribution in [2.45, 2.75) is 32.1 Å². The molecule has 3 N–H and O–H groups in total. The third kappa shape index (κ3) is 2.11. The molecule has 2 heterocycles. The number of amides is 2. The Morgan fingerprint density at radius 3 is 3.14 bits per heavy atom. The second kappa shape index (κ2) is 5.09. The van der Waals surface area contributed by atoms with Crippen LogP contribution in [0.25, 0.3) is 0 Å². The van der Waals surface area contributed by atoms with Crippen LogP contribution in [-0.4, -0.2) is 24.9 Å². The molecule has 1 saturated heterocycles. The Bertz CT molecular complexity index is 643. The summed E-state index contributed by atoms with van der Waals surface area (Å²) in [6.07, 6.45) is 4.88. The van der Waals surface area contributed by atoms with Gasteiger partial charge in [-0.15, -0.1) is 0 Å². The smallest absolute Gasteiger partial charge is 0.232 e. The van der Waals surface area contributed by atoms with Crippen molar-refractivity contribution in [2.24, 2.45) is 11.3 Å². The van der Waals surface area contributed by atoms with Gasteiger partial charge in [0.2, 0.25) is 11.8 Å². The molecule has 3 aliphatic rings. The molecular formula is C17H21N3O2. The van der Waals surface area contributed by atoms with Gasteiger partial charge in [0.25, 0.3) is 0 Å². The lowest BCUT2D eigenvalue weighted by Gasteiger charge is -2.37. The molecule has 2 atom stereocenters. The van der Waals surface area contributed by atoms with Crippen molar-refractivity contribution in [1.29, 1.82) is 0 Å². The average Bonchev–Trinajstić information content (AvgIpc) is 3.09. The van der Waals surface area contributed by atoms with E-state index in [2.05, 4.69) is 16.0 Å². The molecule has 5 heteroatoms. The molecule has 1 aromatic carbocycles. The second-order valence-electron chi connectivity index (χ2n) is 6.78. The van der Waals surface area contributed by atoms with Gasteiger partial charge in [-0.05, 0) is 49.1 Å². The van der Waals surface area contributed by atoms with Crippen LogP contribution in [0, 0.1) is 11.3 Å². The number of anilines is 2. The van der Waals surface area contributed by atoms with Gasteiger partial charge in [0.15, 0.2) is 0 Å². The summed E-state index contributed by atoms with van der Waals surface area (Å²) in [7, 11) is 0. The number of fused-ring (bicyclic) bond motifs is 2. The van der Waals surface area contributed by atoms with E-state index in [0.717, 1.165) is 49.3 Å². The number of hydrogen-bond donors (Lipinski definition) is 3. The first kappa shape index (κ1) is 13.8. The van der Waals surface area contributed by atoms with Gasteiger partial charge in [-0.3, -0.25) is 9.59 Å². The van der Waals surface area contributed by atoms with Gasteiger partial charge in [0.1, 0.15) is 0 Å². The molecule has 5 nitrogen and oxygen atoms in total. The second-order valence-corrected chi connectivity index (χ2v) is 6.78. The SMILES string of the molecule is O=C1Cc2cc(NC(=O)[C@@]34CCCC[C@H]3CNC4)ccc2N1. The average molecular weight is 299 g/mol. The van der Waals surface area contributed by atoms with Crippen LogP contribution in [0.2, 0.25) is 0 Å². The van der Waals surface area contributed by atoms with Crippen molar-refractivity contribution >= 4 is 23.2 Å². The molecule has 1 aliphatic carbocycles. The number of nitrogens with one attached hydrogen (secondary N) is 3. The monoisotopic (exact) mass is 299 g/mol. The molecule has 2 amide bonds. The molecule has 0 radical (unpaired) electrons. The highest BCUT2D eigenvalue weighted by atomic mass is 16.2. The van der Waals surface area contributed by atoms with Gasteiger partial charge in [-0.25, -0.2) is 0 Å². The quantitative estimate of drug-likeness (QED) is 0.781. The fraction of sp³-hybridized carbons (Fsp3) is 0.529. The molecule has 116 valence electrons. The van der Waals surface area contributed by atoms with Crippen LogP contribution in [0.1, 0.15) is 31.2 Å². The first-order valence-electron chi connectivity index (χ1n) is 8.12. The highest BCUT2D eigenvalue weighted by Gasteiger charge is 2.49. The lowest BCUT2D eigenvalue weighted by atomic mass is 9.67. The van der Waals surface area contributed by atoms with Crippen molar-refractivity contribution in [2.75, 3.05) is 23.7 Å². The Balaban J connectivity index is 1.55. The van der Waals surface area contributed by atoms with E-state index in [9.17, 15) is 9.59 Å². The number of rotatable bonds is 2. The zero-order valence-electron chi connectivity index (χ0n) is 12.6. The molecule has 4 rings (SSSR count). The van der Waals surface area contributed by atoms with E-state index in [4.69, 9.17) is 0 Å². The molecule has 0 aromatic heterocycles. The minimum absolute atomic E-state index is 0.0180. The van der Waals surface area contributed by atoms with Crippen LogP contribution in [0.4, 0.5) is 11.4 Å². The Kier molecular flexibility index (Phi) is 3.18. The van der Waals surface area contributed by atoms with Crippen LogP contribution in [0.5, 0.6) is 0 Å². The van der Waals surface area contributed by atoms with E-state index in [1.54, 1.807) is 0 Å². The van der Waals surface area contributed by atoms with E-state index in [1.807, 2.05) is 18.2 Å². The highest BCUT2D eigenvalue weighted by molar-refractivity contribution is 6.01. The molecule has 1 saturated carbocycles. The van der Waals surface area contributed by atoms with Gasteiger partial charge < -0.3 is 16.0 Å². The first-order valence-corrected chi connectivity index (χ1v) is 8.12. The first-order chi connectivity index (χ1) is 10.7. The lowest BCUT2D eigenvalue weighted by molar-refractivity contribution is -0.128. The van der Waals surface area contributed by atoms with Crippen molar-refractivity contribution < 1.29 is 9.59 Å². The Labute approximate surface area is 129 Å². The fourth-order valence-corrected chi connectivity index (χ4v) is 4.25. The molecule has 1 aromatic rings. The molecule has 22 heavy (non-hydrogen) atoms. The third-order valence-electron chi connectivity index (χ3n) is 5.48. The van der Waals surface area contributed by atoms with E-state index in [0.29, 0.717) is 12.3 Å². The van der Waals surface area contributed by atoms with Crippen LogP contribution in [0.3, 0.4) is 0 Å². The third-order valence-corrected chi connectivity index (χ3v) is 5.48. The van der Waals surface area contributed by atoms with Crippen molar-refractivity contribution in [3.8, 4) is 0 Å². The van der Waals surface area contributed by atoms with Crippen LogP contribution in [-0.2, 0) is 16.0 Å². The Morgan fingerprint density at radius 2 is 2.23 bits per heavy atom. The van der Waals surface area contributed by atoms with Gasteiger partial charge in [-0.1, -0.05) is 12.8 Å². The molecule has 0 unspecified atom stereocenters. The summed E-state index contributed by atoms with van der Waals surface area (Å²) in [6, 6.07) is 5.67. The van der Waals surface area contributed by atoms with Gasteiger partial charge in [0.05, 0.1) is 11.8 Å². The van der Waals surface area contributed by atoms with Crippen LogP contribution >= 0.6 is 0 Å². The minimum Gasteiger partial charge on any atom is -0.326 e. The topological polar surface area (TPSA) is 70.2 Å². The fourth-order valence-electron chi connectivity index (χ4n) is 4.25. The molecule has 2 fully saturated rings. The number of hydrogen-bond acceptors (Lipinski definition) is 3. The zero-order chi connectivity index (χ0) is 15.2. The predicted molar refractivity (Wildman–Crippen MR) is 84.7 cm³/mol. The summed E-state index contributed by atoms with van der Waals surface area (Å²) in [5, 5.41) is 9.32.